The maximum Gasteiger partial charge on any atom is 0.472 e. The lowest BCUT2D eigenvalue weighted by molar-refractivity contribution is -0.161. The van der Waals surface area contributed by atoms with Crippen molar-refractivity contribution in [2.75, 3.05) is 26.4 Å². The van der Waals surface area contributed by atoms with Crippen LogP contribution in [0.25, 0.3) is 0 Å². The molecule has 0 spiro atoms. The highest BCUT2D eigenvalue weighted by Crippen LogP contribution is 2.43. The molecule has 52 heavy (non-hydrogen) atoms. The average molecular weight is 754 g/mol. The van der Waals surface area contributed by atoms with Crippen molar-refractivity contribution in [3.63, 3.8) is 0 Å². The molecule has 0 bridgehead atoms. The molecule has 3 unspecified atom stereocenters. The molecule has 300 valence electrons. The molecule has 0 heterocycles. The second kappa shape index (κ2) is 37.0. The van der Waals surface area contributed by atoms with Gasteiger partial charge in [-0.2, -0.15) is 0 Å². The molecule has 0 fully saturated rings. The van der Waals surface area contributed by atoms with Crippen molar-refractivity contribution in [1.82, 2.24) is 0 Å². The van der Waals surface area contributed by atoms with E-state index in [2.05, 4.69) is 38.2 Å². The van der Waals surface area contributed by atoms with E-state index < -0.39 is 38.6 Å². The van der Waals surface area contributed by atoms with Crippen molar-refractivity contribution in [2.24, 2.45) is 5.73 Å². The number of hydrogen-bond acceptors (Lipinski definition) is 9. The molecular formula is C41H72NO9P. The van der Waals surface area contributed by atoms with Crippen LogP contribution < -0.4 is 5.73 Å². The van der Waals surface area contributed by atoms with E-state index in [-0.39, 0.29) is 32.6 Å². The second-order valence-corrected chi connectivity index (χ2v) is 14.4. The summed E-state index contributed by atoms with van der Waals surface area (Å²) in [6.07, 6.45) is 38.5. The van der Waals surface area contributed by atoms with Crippen LogP contribution in [0, 0.1) is 0 Å². The van der Waals surface area contributed by atoms with Crippen LogP contribution in [0.5, 0.6) is 0 Å². The number of ether oxygens (including phenoxy) is 2. The van der Waals surface area contributed by atoms with Gasteiger partial charge in [0, 0.05) is 19.4 Å². The van der Waals surface area contributed by atoms with Gasteiger partial charge in [-0.1, -0.05) is 126 Å². The number of carbonyl (C=O) groups is 2. The minimum atomic E-state index is -4.42. The number of carbonyl (C=O) groups excluding carboxylic acids is 2. The van der Waals surface area contributed by atoms with Crippen molar-refractivity contribution in [3.05, 3.63) is 60.8 Å². The molecular weight excluding hydrogens is 681 g/mol. The predicted molar refractivity (Wildman–Crippen MR) is 212 cm³/mol. The number of phosphoric acid groups is 1. The number of allylic oxidation sites excluding steroid dienone is 8. The number of hydrogen-bond donors (Lipinski definition) is 3. The van der Waals surface area contributed by atoms with Crippen LogP contribution >= 0.6 is 7.82 Å². The summed E-state index contributed by atoms with van der Waals surface area (Å²) in [6.45, 7) is 3.48. The number of rotatable bonds is 36. The molecule has 0 rings (SSSR count). The monoisotopic (exact) mass is 753 g/mol. The fraction of sp³-hybridized carbons (Fsp3) is 0.707. The van der Waals surface area contributed by atoms with E-state index in [1.165, 1.54) is 44.9 Å². The topological polar surface area (TPSA) is 155 Å². The Hall–Kier alpha value is -2.33. The Balaban J connectivity index is 4.43. The summed E-state index contributed by atoms with van der Waals surface area (Å²) in [5.74, 6) is -0.979. The largest absolute Gasteiger partial charge is 0.472 e. The van der Waals surface area contributed by atoms with Crippen LogP contribution in [0.4, 0.5) is 0 Å². The summed E-state index contributed by atoms with van der Waals surface area (Å²) < 4.78 is 32.5. The summed E-state index contributed by atoms with van der Waals surface area (Å²) in [7, 11) is -4.42. The normalized spacial score (nSPS) is 14.6. The number of nitrogens with two attached hydrogens (primary N) is 1. The molecule has 0 aliphatic carbocycles. The van der Waals surface area contributed by atoms with Crippen LogP contribution in [-0.2, 0) is 32.7 Å². The summed E-state index contributed by atoms with van der Waals surface area (Å²) in [5, 5.41) is 10.1. The van der Waals surface area contributed by atoms with Gasteiger partial charge < -0.3 is 25.2 Å². The van der Waals surface area contributed by atoms with Gasteiger partial charge in [0.15, 0.2) is 6.10 Å². The number of esters is 2. The zero-order valence-corrected chi connectivity index (χ0v) is 33.3. The Bertz CT molecular complexity index is 1060. The van der Waals surface area contributed by atoms with Gasteiger partial charge in [-0.25, -0.2) is 4.57 Å². The first kappa shape index (κ1) is 49.7. The molecule has 3 atom stereocenters. The maximum absolute atomic E-state index is 12.5. The minimum absolute atomic E-state index is 0.0268. The summed E-state index contributed by atoms with van der Waals surface area (Å²) in [6, 6.07) is 0. The first-order chi connectivity index (χ1) is 25.2. The number of phosphoric ester groups is 1. The third-order valence-electron chi connectivity index (χ3n) is 7.96. The molecule has 11 heteroatoms. The predicted octanol–water partition coefficient (Wildman–Crippen LogP) is 9.91. The van der Waals surface area contributed by atoms with Crippen molar-refractivity contribution < 1.29 is 42.7 Å². The van der Waals surface area contributed by atoms with Gasteiger partial charge in [-0.05, 0) is 70.6 Å². The molecule has 0 aromatic carbocycles. The average Bonchev–Trinajstić information content (AvgIpc) is 3.12. The number of aliphatic hydroxyl groups is 1. The van der Waals surface area contributed by atoms with E-state index in [1.807, 2.05) is 30.4 Å². The molecule has 0 saturated carbocycles. The fourth-order valence-electron chi connectivity index (χ4n) is 4.94. The Morgan fingerprint density at radius 1 is 0.673 bits per heavy atom. The minimum Gasteiger partial charge on any atom is -0.462 e. The standard InChI is InChI=1S/C41H72NO9P/c1-3-5-7-9-11-13-15-16-17-19-21-23-28-32-40(44)48-36-39(37-50-52(46,47)49-35-34-42)51-41(45)33-29-25-24-27-31-38(43)30-26-22-20-18-14-12-10-8-6-4-2/h12-15,20,22,24,26-27,30,38-39,43H,3-11,16-19,21,23,25,28-29,31-37,42H2,1-2H3,(H,46,47)/b14-12-,15-13-,22-20-,27-24-,30-26-. The molecule has 0 amide bonds. The molecule has 0 aromatic heterocycles. The van der Waals surface area contributed by atoms with Crippen molar-refractivity contribution in [1.29, 1.82) is 0 Å². The lowest BCUT2D eigenvalue weighted by atomic mass is 10.1. The van der Waals surface area contributed by atoms with Gasteiger partial charge in [-0.3, -0.25) is 18.6 Å². The van der Waals surface area contributed by atoms with Gasteiger partial charge in [0.2, 0.25) is 0 Å². The highest BCUT2D eigenvalue weighted by molar-refractivity contribution is 7.47. The van der Waals surface area contributed by atoms with E-state index in [0.29, 0.717) is 25.7 Å². The Morgan fingerprint density at radius 3 is 1.96 bits per heavy atom. The lowest BCUT2D eigenvalue weighted by Crippen LogP contribution is -2.29. The van der Waals surface area contributed by atoms with Gasteiger partial charge in [0.1, 0.15) is 6.61 Å². The third kappa shape index (κ3) is 36.0. The van der Waals surface area contributed by atoms with E-state index >= 15 is 0 Å². The molecule has 0 aromatic rings. The number of aliphatic hydroxyl groups excluding tert-OH is 1. The zero-order valence-electron chi connectivity index (χ0n) is 32.4. The van der Waals surface area contributed by atoms with Crippen LogP contribution in [0.1, 0.15) is 149 Å². The van der Waals surface area contributed by atoms with E-state index in [4.69, 9.17) is 24.3 Å². The van der Waals surface area contributed by atoms with Gasteiger partial charge in [-0.15, -0.1) is 0 Å². The Labute approximate surface area is 315 Å². The van der Waals surface area contributed by atoms with E-state index in [1.54, 1.807) is 6.08 Å². The molecule has 0 aliphatic rings. The second-order valence-electron chi connectivity index (χ2n) is 13.0. The first-order valence-corrected chi connectivity index (χ1v) is 21.4. The molecule has 0 radical (unpaired) electrons. The molecule has 0 aliphatic heterocycles. The Morgan fingerprint density at radius 2 is 1.25 bits per heavy atom. The third-order valence-corrected chi connectivity index (χ3v) is 8.94. The van der Waals surface area contributed by atoms with Crippen LogP contribution in [0.3, 0.4) is 0 Å². The zero-order chi connectivity index (χ0) is 38.4. The van der Waals surface area contributed by atoms with Gasteiger partial charge in [0.25, 0.3) is 0 Å². The van der Waals surface area contributed by atoms with Crippen LogP contribution in [-0.4, -0.2) is 60.5 Å². The summed E-state index contributed by atoms with van der Waals surface area (Å²) in [5.41, 5.74) is 5.32. The van der Waals surface area contributed by atoms with Crippen molar-refractivity contribution >= 4 is 19.8 Å². The maximum atomic E-state index is 12.5. The molecule has 10 nitrogen and oxygen atoms in total. The Kier molecular flexibility index (Phi) is 35.3. The fourth-order valence-corrected chi connectivity index (χ4v) is 5.70. The van der Waals surface area contributed by atoms with Gasteiger partial charge in [0.05, 0.1) is 19.3 Å². The van der Waals surface area contributed by atoms with E-state index in [9.17, 15) is 24.2 Å². The highest BCUT2D eigenvalue weighted by atomic mass is 31.2. The van der Waals surface area contributed by atoms with Gasteiger partial charge >= 0.3 is 19.8 Å². The number of unbranched alkanes of at least 4 members (excludes halogenated alkanes) is 13. The summed E-state index contributed by atoms with van der Waals surface area (Å²) >= 11 is 0. The van der Waals surface area contributed by atoms with Crippen LogP contribution in [0.15, 0.2) is 60.8 Å². The van der Waals surface area contributed by atoms with Crippen molar-refractivity contribution in [2.45, 2.75) is 161 Å². The first-order valence-electron chi connectivity index (χ1n) is 19.9. The summed E-state index contributed by atoms with van der Waals surface area (Å²) in [4.78, 5) is 34.7. The quantitative estimate of drug-likeness (QED) is 0.0185. The SMILES string of the molecule is CCCCC/C=C\C/C=C\C=C/C(O)C/C=C\CCCC(=O)OC(COC(=O)CCCCCCC/C=C\CCCCCC)COP(=O)(O)OCCN. The molecule has 4 N–H and O–H groups in total. The van der Waals surface area contributed by atoms with Crippen molar-refractivity contribution in [3.8, 4) is 0 Å². The smallest absolute Gasteiger partial charge is 0.462 e. The van der Waals surface area contributed by atoms with E-state index in [0.717, 1.165) is 51.4 Å². The lowest BCUT2D eigenvalue weighted by Gasteiger charge is -2.19. The highest BCUT2D eigenvalue weighted by Gasteiger charge is 2.25. The van der Waals surface area contributed by atoms with Crippen LogP contribution in [0.2, 0.25) is 0 Å². The molecule has 0 saturated heterocycles.